The second-order valence-corrected chi connectivity index (χ2v) is 7.78. The lowest BCUT2D eigenvalue weighted by Gasteiger charge is -2.12. The highest BCUT2D eigenvalue weighted by atomic mass is 127. The van der Waals surface area contributed by atoms with E-state index in [1.54, 1.807) is 37.4 Å². The summed E-state index contributed by atoms with van der Waals surface area (Å²) in [7, 11) is -1.89. The molecule has 0 spiro atoms. The van der Waals surface area contributed by atoms with Gasteiger partial charge >= 0.3 is 0 Å². The predicted molar refractivity (Wildman–Crippen MR) is 121 cm³/mol. The van der Waals surface area contributed by atoms with Gasteiger partial charge in [0.25, 0.3) is 0 Å². The number of hydrogen-bond donors (Lipinski definition) is 3. The average Bonchev–Trinajstić information content (AvgIpc) is 2.64. The molecule has 0 radical (unpaired) electrons. The van der Waals surface area contributed by atoms with Crippen LogP contribution in [-0.2, 0) is 16.4 Å². The van der Waals surface area contributed by atoms with E-state index in [2.05, 4.69) is 20.3 Å². The molecule has 0 aromatic heterocycles. The van der Waals surface area contributed by atoms with Crippen molar-refractivity contribution >= 4 is 40.0 Å². The number of rotatable bonds is 8. The minimum absolute atomic E-state index is 0. The summed E-state index contributed by atoms with van der Waals surface area (Å²) >= 11 is 0. The Hall–Kier alpha value is -1.72. The molecule has 0 fully saturated rings. The maximum Gasteiger partial charge on any atom is 0.240 e. The summed E-state index contributed by atoms with van der Waals surface area (Å²) in [4.78, 5) is 4.32. The molecule has 0 saturated heterocycles. The number of halogens is 2. The molecule has 0 bridgehead atoms. The molecule has 2 aromatic rings. The third kappa shape index (κ3) is 8.11. The maximum absolute atomic E-state index is 13.2. The molecule has 154 valence electrons. The van der Waals surface area contributed by atoms with Gasteiger partial charge in [-0.3, -0.25) is 4.99 Å². The summed E-state index contributed by atoms with van der Waals surface area (Å²) < 4.78 is 40.1. The van der Waals surface area contributed by atoms with Gasteiger partial charge in [-0.25, -0.2) is 17.5 Å². The Labute approximate surface area is 183 Å². The summed E-state index contributed by atoms with van der Waals surface area (Å²) in [5.41, 5.74) is 1.90. The van der Waals surface area contributed by atoms with Crippen LogP contribution in [0.1, 0.15) is 11.1 Å². The standard InChI is InChI=1S/C19H25FN4O2S.HI/c1-15-6-8-18(9-7-15)27(25,26)24-13-12-23-19(21-2)22-11-10-16-4-3-5-17(20)14-16;/h3-9,14,24H,10-13H2,1-2H3,(H2,21,22,23);1H. The Kier molecular flexibility index (Phi) is 10.4. The molecule has 3 N–H and O–H groups in total. The molecule has 0 aliphatic carbocycles. The van der Waals surface area contributed by atoms with Gasteiger partial charge in [0, 0.05) is 26.7 Å². The normalized spacial score (nSPS) is 11.6. The molecule has 28 heavy (non-hydrogen) atoms. The molecule has 0 aliphatic rings. The molecule has 0 unspecified atom stereocenters. The van der Waals surface area contributed by atoms with Crippen molar-refractivity contribution in [1.29, 1.82) is 0 Å². The van der Waals surface area contributed by atoms with Crippen molar-refractivity contribution in [3.63, 3.8) is 0 Å². The van der Waals surface area contributed by atoms with Crippen molar-refractivity contribution in [2.45, 2.75) is 18.2 Å². The zero-order valence-electron chi connectivity index (χ0n) is 15.9. The number of aliphatic imine (C=N–C) groups is 1. The van der Waals surface area contributed by atoms with Gasteiger partial charge in [0.2, 0.25) is 10.0 Å². The lowest BCUT2D eigenvalue weighted by atomic mass is 10.1. The first kappa shape index (κ1) is 24.3. The smallest absolute Gasteiger partial charge is 0.240 e. The molecule has 9 heteroatoms. The Morgan fingerprint density at radius 3 is 2.36 bits per heavy atom. The number of nitrogens with zero attached hydrogens (tertiary/aromatic N) is 1. The van der Waals surface area contributed by atoms with Crippen LogP contribution in [0.25, 0.3) is 0 Å². The third-order valence-electron chi connectivity index (χ3n) is 3.86. The summed E-state index contributed by atoms with van der Waals surface area (Å²) in [6, 6.07) is 13.1. The summed E-state index contributed by atoms with van der Waals surface area (Å²) in [5, 5.41) is 6.15. The highest BCUT2D eigenvalue weighted by Crippen LogP contribution is 2.09. The van der Waals surface area contributed by atoms with E-state index in [0.29, 0.717) is 25.5 Å². The number of guanidine groups is 1. The summed E-state index contributed by atoms with van der Waals surface area (Å²) in [6.45, 7) is 3.09. The van der Waals surface area contributed by atoms with Gasteiger partial charge in [-0.15, -0.1) is 24.0 Å². The molecule has 0 heterocycles. The first-order valence-corrected chi connectivity index (χ1v) is 10.1. The van der Waals surface area contributed by atoms with Gasteiger partial charge in [0.05, 0.1) is 4.90 Å². The predicted octanol–water partition coefficient (Wildman–Crippen LogP) is 2.44. The van der Waals surface area contributed by atoms with E-state index in [0.717, 1.165) is 11.1 Å². The van der Waals surface area contributed by atoms with Crippen molar-refractivity contribution in [2.24, 2.45) is 4.99 Å². The van der Waals surface area contributed by atoms with E-state index in [-0.39, 0.29) is 41.2 Å². The monoisotopic (exact) mass is 520 g/mol. The van der Waals surface area contributed by atoms with Gasteiger partial charge in [0.1, 0.15) is 5.82 Å². The van der Waals surface area contributed by atoms with Gasteiger partial charge in [-0.2, -0.15) is 0 Å². The van der Waals surface area contributed by atoms with Gasteiger partial charge in [-0.1, -0.05) is 29.8 Å². The van der Waals surface area contributed by atoms with Crippen molar-refractivity contribution in [1.82, 2.24) is 15.4 Å². The second kappa shape index (κ2) is 12.0. The highest BCUT2D eigenvalue weighted by Gasteiger charge is 2.12. The first-order chi connectivity index (χ1) is 12.9. The van der Waals surface area contributed by atoms with Crippen LogP contribution < -0.4 is 15.4 Å². The number of sulfonamides is 1. The van der Waals surface area contributed by atoms with E-state index < -0.39 is 10.0 Å². The van der Waals surface area contributed by atoms with Gasteiger partial charge < -0.3 is 10.6 Å². The average molecular weight is 520 g/mol. The highest BCUT2D eigenvalue weighted by molar-refractivity contribution is 14.0. The molecule has 2 aromatic carbocycles. The van der Waals surface area contributed by atoms with E-state index in [9.17, 15) is 12.8 Å². The van der Waals surface area contributed by atoms with Crippen LogP contribution >= 0.6 is 24.0 Å². The van der Waals surface area contributed by atoms with E-state index in [4.69, 9.17) is 0 Å². The van der Waals surface area contributed by atoms with Crippen LogP contribution in [0, 0.1) is 12.7 Å². The molecule has 0 atom stereocenters. The zero-order valence-corrected chi connectivity index (χ0v) is 19.1. The Morgan fingerprint density at radius 2 is 1.71 bits per heavy atom. The van der Waals surface area contributed by atoms with Crippen LogP contribution in [0.5, 0.6) is 0 Å². The lowest BCUT2D eigenvalue weighted by molar-refractivity contribution is 0.580. The molecule has 2 rings (SSSR count). The molecule has 0 aliphatic heterocycles. The fraction of sp³-hybridized carbons (Fsp3) is 0.316. The molecule has 0 amide bonds. The number of benzene rings is 2. The quantitative estimate of drug-likeness (QED) is 0.216. The van der Waals surface area contributed by atoms with Crippen LogP contribution in [0.15, 0.2) is 58.4 Å². The first-order valence-electron chi connectivity index (χ1n) is 8.66. The van der Waals surface area contributed by atoms with Crippen molar-refractivity contribution < 1.29 is 12.8 Å². The fourth-order valence-corrected chi connectivity index (χ4v) is 3.44. The molecule has 6 nitrogen and oxygen atoms in total. The molecular weight excluding hydrogens is 494 g/mol. The number of aryl methyl sites for hydroxylation is 1. The SMILES string of the molecule is CN=C(NCCNS(=O)(=O)c1ccc(C)cc1)NCCc1cccc(F)c1.I. The van der Waals surface area contributed by atoms with Crippen molar-refractivity contribution in [3.05, 3.63) is 65.5 Å². The summed E-state index contributed by atoms with van der Waals surface area (Å²) in [5.74, 6) is 0.303. The minimum Gasteiger partial charge on any atom is -0.356 e. The number of hydrogen-bond acceptors (Lipinski definition) is 3. The second-order valence-electron chi connectivity index (χ2n) is 6.02. The molecular formula is C19H26FIN4O2S. The van der Waals surface area contributed by atoms with E-state index >= 15 is 0 Å². The zero-order chi connectivity index (χ0) is 19.7. The van der Waals surface area contributed by atoms with Crippen LogP contribution in [0.4, 0.5) is 4.39 Å². The van der Waals surface area contributed by atoms with Crippen LogP contribution in [0.2, 0.25) is 0 Å². The van der Waals surface area contributed by atoms with Crippen molar-refractivity contribution in [3.8, 4) is 0 Å². The van der Waals surface area contributed by atoms with Crippen LogP contribution in [0.3, 0.4) is 0 Å². The Balaban J connectivity index is 0.00000392. The summed E-state index contributed by atoms with van der Waals surface area (Å²) in [6.07, 6.45) is 0.651. The maximum atomic E-state index is 13.2. The largest absolute Gasteiger partial charge is 0.356 e. The van der Waals surface area contributed by atoms with E-state index in [1.165, 1.54) is 12.1 Å². The Morgan fingerprint density at radius 1 is 1.04 bits per heavy atom. The lowest BCUT2D eigenvalue weighted by Crippen LogP contribution is -2.42. The topological polar surface area (TPSA) is 82.6 Å². The minimum atomic E-state index is -3.52. The third-order valence-corrected chi connectivity index (χ3v) is 5.34. The van der Waals surface area contributed by atoms with Crippen LogP contribution in [-0.4, -0.2) is 41.1 Å². The van der Waals surface area contributed by atoms with Gasteiger partial charge in [0.15, 0.2) is 5.96 Å². The molecule has 0 saturated carbocycles. The Bertz CT molecular complexity index is 874. The van der Waals surface area contributed by atoms with E-state index in [1.807, 2.05) is 13.0 Å². The number of nitrogens with one attached hydrogen (secondary N) is 3. The fourth-order valence-electron chi connectivity index (χ4n) is 2.41. The van der Waals surface area contributed by atoms with Gasteiger partial charge in [-0.05, 0) is 43.2 Å². The van der Waals surface area contributed by atoms with Crippen molar-refractivity contribution in [2.75, 3.05) is 26.7 Å².